The molecule has 0 spiro atoms. The number of rotatable bonds is 7. The van der Waals surface area contributed by atoms with Gasteiger partial charge in [0.2, 0.25) is 0 Å². The van der Waals surface area contributed by atoms with Gasteiger partial charge in [-0.15, -0.1) is 4.83 Å². The van der Waals surface area contributed by atoms with Crippen molar-refractivity contribution in [1.29, 1.82) is 0 Å². The molecule has 1 saturated heterocycles. The minimum atomic E-state index is -5.08. The maximum absolute atomic E-state index is 13.3. The molecule has 8 nitrogen and oxygen atoms in total. The van der Waals surface area contributed by atoms with E-state index in [9.17, 15) is 39.6 Å². The Kier molecular flexibility index (Phi) is 8.48. The number of halogens is 6. The highest BCUT2D eigenvalue weighted by molar-refractivity contribution is 7.89. The molecule has 1 N–H and O–H groups in total. The summed E-state index contributed by atoms with van der Waals surface area (Å²) in [4.78, 5) is 19.9. The Bertz CT molecular complexity index is 1140. The Morgan fingerprint density at radius 1 is 1.00 bits per heavy atom. The van der Waals surface area contributed by atoms with Crippen molar-refractivity contribution in [3.8, 4) is 0 Å². The first kappa shape index (κ1) is 27.7. The lowest BCUT2D eigenvalue weighted by atomic mass is 10.1. The molecule has 1 heterocycles. The maximum atomic E-state index is 13.3. The molecule has 0 atom stereocenters. The van der Waals surface area contributed by atoms with Gasteiger partial charge in [0.1, 0.15) is 6.54 Å². The van der Waals surface area contributed by atoms with Crippen molar-refractivity contribution in [2.75, 3.05) is 24.8 Å². The van der Waals surface area contributed by atoms with E-state index in [4.69, 9.17) is 9.57 Å². The SMILES string of the molecule is O=C(N(CC(F)(F)F)NS(=O)(=O)c1ccccc1)N(OC1CCOCC1)c1cccc(C(F)(F)F)c1. The number of carbonyl (C=O) groups excluding carboxylic acids is 1. The van der Waals surface area contributed by atoms with Crippen LogP contribution in [0.25, 0.3) is 0 Å². The number of anilines is 1. The molecule has 0 aliphatic carbocycles. The van der Waals surface area contributed by atoms with Crippen LogP contribution in [-0.2, 0) is 25.8 Å². The van der Waals surface area contributed by atoms with Crippen molar-refractivity contribution in [1.82, 2.24) is 9.84 Å². The van der Waals surface area contributed by atoms with E-state index < -0.39 is 57.2 Å². The summed E-state index contributed by atoms with van der Waals surface area (Å²) in [6, 6.07) is 7.73. The lowest BCUT2D eigenvalue weighted by Gasteiger charge is -2.33. The van der Waals surface area contributed by atoms with Crippen LogP contribution in [0, 0.1) is 0 Å². The number of hydroxylamine groups is 1. The molecule has 0 saturated carbocycles. The number of hydrogen-bond acceptors (Lipinski definition) is 5. The zero-order valence-corrected chi connectivity index (χ0v) is 19.2. The number of nitrogens with zero attached hydrogens (tertiary/aromatic N) is 2. The van der Waals surface area contributed by atoms with Crippen molar-refractivity contribution in [3.63, 3.8) is 0 Å². The highest BCUT2D eigenvalue weighted by atomic mass is 32.2. The number of ether oxygens (including phenoxy) is 1. The molecule has 15 heteroatoms. The van der Waals surface area contributed by atoms with Gasteiger partial charge in [-0.1, -0.05) is 24.3 Å². The molecule has 1 aliphatic heterocycles. The fourth-order valence-corrected chi connectivity index (χ4v) is 4.23. The predicted octanol–water partition coefficient (Wildman–Crippen LogP) is 4.50. The lowest BCUT2D eigenvalue weighted by molar-refractivity contribution is -0.143. The van der Waals surface area contributed by atoms with Crippen molar-refractivity contribution >= 4 is 21.7 Å². The van der Waals surface area contributed by atoms with Crippen LogP contribution in [0.1, 0.15) is 18.4 Å². The van der Waals surface area contributed by atoms with E-state index >= 15 is 0 Å². The summed E-state index contributed by atoms with van der Waals surface area (Å²) in [5.41, 5.74) is -1.74. The molecule has 3 rings (SSSR count). The monoisotopic (exact) mass is 541 g/mol. The summed E-state index contributed by atoms with van der Waals surface area (Å²) in [5.74, 6) is 0. The summed E-state index contributed by atoms with van der Waals surface area (Å²) in [5, 5.41) is -0.0492. The predicted molar refractivity (Wildman–Crippen MR) is 114 cm³/mol. The maximum Gasteiger partial charge on any atom is 0.416 e. The zero-order chi connectivity index (χ0) is 26.6. The molecule has 2 aromatic rings. The van der Waals surface area contributed by atoms with E-state index in [2.05, 4.69) is 0 Å². The quantitative estimate of drug-likeness (QED) is 0.412. The van der Waals surface area contributed by atoms with Crippen molar-refractivity contribution in [2.45, 2.75) is 36.2 Å². The molecule has 2 amide bonds. The van der Waals surface area contributed by atoms with Gasteiger partial charge in [0.25, 0.3) is 10.0 Å². The Hall–Kier alpha value is -2.88. The number of sulfonamides is 1. The summed E-state index contributed by atoms with van der Waals surface area (Å²) < 4.78 is 110. The second-order valence-electron chi connectivity index (χ2n) is 7.65. The number of hydrazine groups is 1. The standard InChI is InChI=1S/C21H21F6N3O5S/c22-20(23,24)14-29(28-36(32,33)18-7-2-1-3-8-18)19(31)30(35-17-9-11-34-12-10-17)16-6-4-5-15(13-16)21(25,26)27/h1-8,13,17,28H,9-12,14H2. The molecule has 1 fully saturated rings. The molecule has 0 aromatic heterocycles. The van der Waals surface area contributed by atoms with E-state index in [0.717, 1.165) is 24.3 Å². The van der Waals surface area contributed by atoms with Crippen LogP contribution in [0.2, 0.25) is 0 Å². The average molecular weight is 541 g/mol. The number of alkyl halides is 6. The van der Waals surface area contributed by atoms with Crippen LogP contribution >= 0.6 is 0 Å². The van der Waals surface area contributed by atoms with Gasteiger partial charge in [-0.3, -0.25) is 4.84 Å². The third kappa shape index (κ3) is 7.56. The molecular weight excluding hydrogens is 520 g/mol. The zero-order valence-electron chi connectivity index (χ0n) is 18.4. The molecule has 0 unspecified atom stereocenters. The Balaban J connectivity index is 2.01. The molecule has 0 bridgehead atoms. The number of amides is 2. The summed E-state index contributed by atoms with van der Waals surface area (Å²) in [7, 11) is -4.68. The minimum Gasteiger partial charge on any atom is -0.381 e. The normalized spacial score (nSPS) is 15.5. The minimum absolute atomic E-state index is 0.183. The molecule has 0 radical (unpaired) electrons. The Labute approximate surface area is 202 Å². The van der Waals surface area contributed by atoms with Gasteiger partial charge in [0, 0.05) is 13.2 Å². The van der Waals surface area contributed by atoms with E-state index in [1.54, 1.807) is 4.83 Å². The smallest absolute Gasteiger partial charge is 0.381 e. The Morgan fingerprint density at radius 3 is 2.22 bits per heavy atom. The van der Waals surface area contributed by atoms with Crippen molar-refractivity contribution < 1.29 is 49.1 Å². The van der Waals surface area contributed by atoms with Crippen LogP contribution in [0.4, 0.5) is 36.8 Å². The number of hydrogen-bond donors (Lipinski definition) is 1. The number of benzene rings is 2. The van der Waals surface area contributed by atoms with Gasteiger partial charge in [0.05, 0.1) is 22.3 Å². The molecule has 1 aliphatic rings. The van der Waals surface area contributed by atoms with E-state index in [1.807, 2.05) is 0 Å². The van der Waals surface area contributed by atoms with E-state index in [0.29, 0.717) is 12.1 Å². The van der Waals surface area contributed by atoms with Crippen LogP contribution in [0.3, 0.4) is 0 Å². The number of urea groups is 1. The molecule has 2 aromatic carbocycles. The first-order chi connectivity index (χ1) is 16.8. The third-order valence-electron chi connectivity index (χ3n) is 4.86. The van der Waals surface area contributed by atoms with Crippen LogP contribution in [0.5, 0.6) is 0 Å². The summed E-state index contributed by atoms with van der Waals surface area (Å²) in [6.07, 6.45) is -10.3. The highest BCUT2D eigenvalue weighted by Crippen LogP contribution is 2.33. The molecular formula is C21H21F6N3O5S. The fourth-order valence-electron chi connectivity index (χ4n) is 3.18. The van der Waals surface area contributed by atoms with Gasteiger partial charge in [0.15, 0.2) is 0 Å². The third-order valence-corrected chi connectivity index (χ3v) is 6.21. The van der Waals surface area contributed by atoms with E-state index in [-0.39, 0.29) is 36.1 Å². The fraction of sp³-hybridized carbons (Fsp3) is 0.381. The first-order valence-electron chi connectivity index (χ1n) is 10.4. The largest absolute Gasteiger partial charge is 0.416 e. The number of nitrogens with one attached hydrogen (secondary N) is 1. The first-order valence-corrected chi connectivity index (χ1v) is 11.9. The topological polar surface area (TPSA) is 88.2 Å². The van der Waals surface area contributed by atoms with Gasteiger partial charge in [-0.25, -0.2) is 18.2 Å². The van der Waals surface area contributed by atoms with Crippen molar-refractivity contribution in [2.24, 2.45) is 0 Å². The van der Waals surface area contributed by atoms with Gasteiger partial charge in [-0.2, -0.15) is 31.4 Å². The second-order valence-corrected chi connectivity index (χ2v) is 9.31. The molecule has 198 valence electrons. The van der Waals surface area contributed by atoms with E-state index in [1.165, 1.54) is 18.2 Å². The van der Waals surface area contributed by atoms with Crippen molar-refractivity contribution in [3.05, 3.63) is 60.2 Å². The summed E-state index contributed by atoms with van der Waals surface area (Å²) >= 11 is 0. The van der Waals surface area contributed by atoms with Crippen LogP contribution in [-0.4, -0.2) is 51.5 Å². The Morgan fingerprint density at radius 2 is 1.64 bits per heavy atom. The van der Waals surface area contributed by atoms with Crippen LogP contribution < -0.4 is 9.89 Å². The number of carbonyl (C=O) groups is 1. The van der Waals surface area contributed by atoms with Gasteiger partial charge < -0.3 is 4.74 Å². The average Bonchev–Trinajstić information content (AvgIpc) is 2.81. The van der Waals surface area contributed by atoms with Gasteiger partial charge >= 0.3 is 18.4 Å². The van der Waals surface area contributed by atoms with Gasteiger partial charge in [-0.05, 0) is 43.2 Å². The van der Waals surface area contributed by atoms with Crippen LogP contribution in [0.15, 0.2) is 59.5 Å². The molecule has 36 heavy (non-hydrogen) atoms. The second kappa shape index (κ2) is 11.0. The lowest BCUT2D eigenvalue weighted by Crippen LogP contribution is -2.56. The highest BCUT2D eigenvalue weighted by Gasteiger charge is 2.39. The summed E-state index contributed by atoms with van der Waals surface area (Å²) in [6.45, 7) is -1.73.